The summed E-state index contributed by atoms with van der Waals surface area (Å²) in [7, 11) is 0. The second-order valence-corrected chi connectivity index (χ2v) is 4.62. The number of rotatable bonds is 2. The van der Waals surface area contributed by atoms with E-state index < -0.39 is 0 Å². The van der Waals surface area contributed by atoms with Gasteiger partial charge >= 0.3 is 0 Å². The quantitative estimate of drug-likeness (QED) is 0.735. The molecule has 1 unspecified atom stereocenters. The molecular weight excluding hydrogens is 216 g/mol. The Morgan fingerprint density at radius 1 is 1.53 bits per heavy atom. The summed E-state index contributed by atoms with van der Waals surface area (Å²) in [4.78, 5) is 14.4. The molecule has 0 saturated carbocycles. The van der Waals surface area contributed by atoms with E-state index in [1.54, 1.807) is 6.07 Å². The molecule has 2 aromatic rings. The number of benzene rings is 1. The number of amides is 1. The Balaban J connectivity index is 2.18. The van der Waals surface area contributed by atoms with E-state index in [4.69, 9.17) is 5.73 Å². The molecule has 0 fully saturated rings. The monoisotopic (exact) mass is 230 g/mol. The van der Waals surface area contributed by atoms with Crippen LogP contribution in [0.3, 0.4) is 0 Å². The Morgan fingerprint density at radius 2 is 2.35 bits per heavy atom. The highest BCUT2D eigenvalue weighted by Crippen LogP contribution is 2.43. The molecule has 17 heavy (non-hydrogen) atoms. The Bertz CT molecular complexity index is 601. The molecule has 3 rings (SSSR count). The Kier molecular flexibility index (Phi) is 2.11. The van der Waals surface area contributed by atoms with E-state index in [2.05, 4.69) is 4.98 Å². The summed E-state index contributed by atoms with van der Waals surface area (Å²) in [5.74, 6) is 0.133. The number of primary amides is 1. The topological polar surface area (TPSA) is 79.1 Å². The molecule has 1 aliphatic carbocycles. The maximum Gasteiger partial charge on any atom is 0.218 e. The number of aromatic hydroxyl groups is 1. The minimum absolute atomic E-state index is 0.143. The van der Waals surface area contributed by atoms with Crippen molar-refractivity contribution < 1.29 is 9.90 Å². The number of phenols is 1. The molecule has 1 amide bonds. The molecule has 0 aliphatic heterocycles. The standard InChI is InChI=1S/C13H14N2O2/c14-11(17)6-7-4-5-9-12(7)13-8(15-9)2-1-3-10(13)16/h1-3,7,15-16H,4-6H2,(H2,14,17). The molecule has 4 heteroatoms. The third-order valence-corrected chi connectivity index (χ3v) is 3.52. The minimum atomic E-state index is -0.285. The van der Waals surface area contributed by atoms with Crippen molar-refractivity contribution in [3.05, 3.63) is 29.5 Å². The molecule has 0 saturated heterocycles. The van der Waals surface area contributed by atoms with Crippen molar-refractivity contribution in [2.75, 3.05) is 0 Å². The number of hydrogen-bond donors (Lipinski definition) is 3. The first-order chi connectivity index (χ1) is 8.16. The van der Waals surface area contributed by atoms with E-state index in [9.17, 15) is 9.90 Å². The van der Waals surface area contributed by atoms with Crippen LogP contribution in [-0.2, 0) is 11.2 Å². The number of fused-ring (bicyclic) bond motifs is 3. The van der Waals surface area contributed by atoms with Crippen LogP contribution < -0.4 is 5.73 Å². The number of hydrogen-bond acceptors (Lipinski definition) is 2. The second kappa shape index (κ2) is 3.52. The predicted molar refractivity (Wildman–Crippen MR) is 64.8 cm³/mol. The van der Waals surface area contributed by atoms with E-state index in [0.717, 1.165) is 35.0 Å². The van der Waals surface area contributed by atoms with Crippen LogP contribution in [0, 0.1) is 0 Å². The van der Waals surface area contributed by atoms with Gasteiger partial charge < -0.3 is 15.8 Å². The van der Waals surface area contributed by atoms with Crippen molar-refractivity contribution in [2.24, 2.45) is 5.73 Å². The number of carbonyl (C=O) groups excluding carboxylic acids is 1. The van der Waals surface area contributed by atoms with Gasteiger partial charge in [-0.15, -0.1) is 0 Å². The number of aryl methyl sites for hydroxylation is 1. The van der Waals surface area contributed by atoms with Gasteiger partial charge in [0.05, 0.1) is 0 Å². The summed E-state index contributed by atoms with van der Waals surface area (Å²) >= 11 is 0. The first-order valence-corrected chi connectivity index (χ1v) is 5.77. The van der Waals surface area contributed by atoms with Crippen LogP contribution in [0.25, 0.3) is 10.9 Å². The fourth-order valence-electron chi connectivity index (χ4n) is 2.87. The summed E-state index contributed by atoms with van der Waals surface area (Å²) < 4.78 is 0. The lowest BCUT2D eigenvalue weighted by Gasteiger charge is -2.08. The SMILES string of the molecule is NC(=O)CC1CCc2[nH]c3cccc(O)c3c21. The van der Waals surface area contributed by atoms with Crippen LogP contribution in [0.4, 0.5) is 0 Å². The lowest BCUT2D eigenvalue weighted by Crippen LogP contribution is -2.13. The molecule has 0 radical (unpaired) electrons. The van der Waals surface area contributed by atoms with Gasteiger partial charge in [0.15, 0.2) is 0 Å². The largest absolute Gasteiger partial charge is 0.507 e. The Labute approximate surface area is 98.4 Å². The highest BCUT2D eigenvalue weighted by atomic mass is 16.3. The molecule has 1 atom stereocenters. The zero-order valence-electron chi connectivity index (χ0n) is 9.36. The third kappa shape index (κ3) is 1.48. The summed E-state index contributed by atoms with van der Waals surface area (Å²) in [6, 6.07) is 5.43. The Morgan fingerprint density at radius 3 is 3.12 bits per heavy atom. The van der Waals surface area contributed by atoms with E-state index >= 15 is 0 Å². The average Bonchev–Trinajstić information content (AvgIpc) is 2.78. The van der Waals surface area contributed by atoms with Crippen LogP contribution in [0.1, 0.15) is 30.0 Å². The summed E-state index contributed by atoms with van der Waals surface area (Å²) in [5, 5.41) is 10.8. The maximum absolute atomic E-state index is 11.1. The maximum atomic E-state index is 11.1. The molecule has 88 valence electrons. The molecule has 1 aliphatic rings. The van der Waals surface area contributed by atoms with Crippen molar-refractivity contribution >= 4 is 16.8 Å². The summed E-state index contributed by atoms with van der Waals surface area (Å²) in [6.07, 6.45) is 2.20. The van der Waals surface area contributed by atoms with E-state index in [-0.39, 0.29) is 17.6 Å². The molecule has 1 aromatic carbocycles. The van der Waals surface area contributed by atoms with Gasteiger partial charge in [-0.25, -0.2) is 0 Å². The molecule has 4 N–H and O–H groups in total. The molecular formula is C13H14N2O2. The minimum Gasteiger partial charge on any atom is -0.507 e. The zero-order chi connectivity index (χ0) is 12.0. The summed E-state index contributed by atoms with van der Waals surface area (Å²) in [5.41, 5.74) is 8.42. The van der Waals surface area contributed by atoms with Gasteiger partial charge in [-0.05, 0) is 36.5 Å². The van der Waals surface area contributed by atoms with Crippen molar-refractivity contribution in [1.82, 2.24) is 4.98 Å². The first-order valence-electron chi connectivity index (χ1n) is 5.77. The van der Waals surface area contributed by atoms with Crippen LogP contribution in [0.5, 0.6) is 5.75 Å². The van der Waals surface area contributed by atoms with Crippen molar-refractivity contribution in [3.63, 3.8) is 0 Å². The number of aromatic amines is 1. The number of phenolic OH excluding ortho intramolecular Hbond substituents is 1. The van der Waals surface area contributed by atoms with Crippen LogP contribution in [0.15, 0.2) is 18.2 Å². The summed E-state index contributed by atoms with van der Waals surface area (Å²) in [6.45, 7) is 0. The van der Waals surface area contributed by atoms with E-state index in [0.29, 0.717) is 6.42 Å². The molecule has 0 bridgehead atoms. The van der Waals surface area contributed by atoms with Gasteiger partial charge in [0.25, 0.3) is 0 Å². The van der Waals surface area contributed by atoms with Gasteiger partial charge in [0, 0.05) is 23.0 Å². The van der Waals surface area contributed by atoms with Gasteiger partial charge in [-0.2, -0.15) is 0 Å². The second-order valence-electron chi connectivity index (χ2n) is 4.62. The lowest BCUT2D eigenvalue weighted by atomic mass is 9.96. The fourth-order valence-corrected chi connectivity index (χ4v) is 2.87. The molecule has 1 heterocycles. The van der Waals surface area contributed by atoms with Crippen molar-refractivity contribution in [1.29, 1.82) is 0 Å². The van der Waals surface area contributed by atoms with E-state index in [1.807, 2.05) is 12.1 Å². The molecule has 0 spiro atoms. The molecule has 4 nitrogen and oxygen atoms in total. The number of H-pyrrole nitrogens is 1. The van der Waals surface area contributed by atoms with Crippen LogP contribution in [0.2, 0.25) is 0 Å². The van der Waals surface area contributed by atoms with E-state index in [1.165, 1.54) is 0 Å². The third-order valence-electron chi connectivity index (χ3n) is 3.52. The highest BCUT2D eigenvalue weighted by molar-refractivity contribution is 5.92. The first kappa shape index (κ1) is 10.2. The van der Waals surface area contributed by atoms with Gasteiger partial charge in [-0.1, -0.05) is 6.07 Å². The number of carbonyl (C=O) groups is 1. The predicted octanol–water partition coefficient (Wildman–Crippen LogP) is 1.78. The number of nitrogens with one attached hydrogen (secondary N) is 1. The highest BCUT2D eigenvalue weighted by Gasteiger charge is 2.29. The van der Waals surface area contributed by atoms with Gasteiger partial charge in [-0.3, -0.25) is 4.79 Å². The number of aromatic nitrogens is 1. The average molecular weight is 230 g/mol. The normalized spacial score (nSPS) is 18.5. The lowest BCUT2D eigenvalue weighted by molar-refractivity contribution is -0.118. The fraction of sp³-hybridized carbons (Fsp3) is 0.308. The molecule has 1 aromatic heterocycles. The van der Waals surface area contributed by atoms with Gasteiger partial charge in [0.2, 0.25) is 5.91 Å². The van der Waals surface area contributed by atoms with Crippen molar-refractivity contribution in [2.45, 2.75) is 25.2 Å². The van der Waals surface area contributed by atoms with Gasteiger partial charge in [0.1, 0.15) is 5.75 Å². The smallest absolute Gasteiger partial charge is 0.218 e. The van der Waals surface area contributed by atoms with Crippen molar-refractivity contribution in [3.8, 4) is 5.75 Å². The number of nitrogens with two attached hydrogens (primary N) is 1. The van der Waals surface area contributed by atoms with Crippen LogP contribution >= 0.6 is 0 Å². The Hall–Kier alpha value is -1.97. The van der Waals surface area contributed by atoms with Crippen LogP contribution in [-0.4, -0.2) is 16.0 Å². The zero-order valence-corrected chi connectivity index (χ0v) is 9.36.